The summed E-state index contributed by atoms with van der Waals surface area (Å²) in [7, 11) is 0. The van der Waals surface area contributed by atoms with Gasteiger partial charge in [0.2, 0.25) is 0 Å². The zero-order valence-electron chi connectivity index (χ0n) is 10.4. The average Bonchev–Trinajstić information content (AvgIpc) is 2.77. The van der Waals surface area contributed by atoms with Gasteiger partial charge in [0, 0.05) is 18.2 Å². The van der Waals surface area contributed by atoms with Gasteiger partial charge in [0.1, 0.15) is 0 Å². The quantitative estimate of drug-likeness (QED) is 0.833. The first-order valence-electron chi connectivity index (χ1n) is 5.96. The fraction of sp³-hybridized carbons (Fsp3) is 0.267. The van der Waals surface area contributed by atoms with E-state index in [0.717, 1.165) is 17.8 Å². The normalized spacial score (nSPS) is 9.89. The van der Waals surface area contributed by atoms with Crippen LogP contribution in [-0.2, 0) is 6.54 Å². The van der Waals surface area contributed by atoms with Gasteiger partial charge in [-0.05, 0) is 30.7 Å². The molecule has 0 aliphatic heterocycles. The Labute approximate surface area is 107 Å². The minimum atomic E-state index is 0.115. The SMILES string of the molecule is Cc1ccn(Cc2ccc(C#CCCO)cc2)n1. The third-order valence-corrected chi connectivity index (χ3v) is 2.54. The van der Waals surface area contributed by atoms with Gasteiger partial charge in [0.05, 0.1) is 18.8 Å². The highest BCUT2D eigenvalue weighted by molar-refractivity contribution is 5.36. The lowest BCUT2D eigenvalue weighted by atomic mass is 10.1. The van der Waals surface area contributed by atoms with E-state index in [1.807, 2.05) is 36.0 Å². The molecular weight excluding hydrogens is 224 g/mol. The predicted molar refractivity (Wildman–Crippen MR) is 71.1 cm³/mol. The zero-order chi connectivity index (χ0) is 12.8. The number of rotatable bonds is 3. The number of aromatic nitrogens is 2. The molecule has 1 aromatic carbocycles. The van der Waals surface area contributed by atoms with Gasteiger partial charge in [-0.25, -0.2) is 0 Å². The van der Waals surface area contributed by atoms with E-state index in [1.165, 1.54) is 5.56 Å². The molecule has 0 atom stereocenters. The van der Waals surface area contributed by atoms with E-state index >= 15 is 0 Å². The zero-order valence-corrected chi connectivity index (χ0v) is 10.4. The third kappa shape index (κ3) is 3.47. The summed E-state index contributed by atoms with van der Waals surface area (Å²) in [5, 5.41) is 13.0. The van der Waals surface area contributed by atoms with Gasteiger partial charge < -0.3 is 5.11 Å². The summed E-state index contributed by atoms with van der Waals surface area (Å²) in [5.74, 6) is 5.91. The van der Waals surface area contributed by atoms with E-state index in [2.05, 4.69) is 29.1 Å². The van der Waals surface area contributed by atoms with Gasteiger partial charge in [-0.2, -0.15) is 5.10 Å². The van der Waals surface area contributed by atoms with E-state index < -0.39 is 0 Å². The first kappa shape index (κ1) is 12.4. The van der Waals surface area contributed by atoms with Crippen LogP contribution in [0.15, 0.2) is 36.5 Å². The molecule has 1 heterocycles. The molecule has 0 spiro atoms. The van der Waals surface area contributed by atoms with E-state index in [9.17, 15) is 0 Å². The molecule has 0 aliphatic rings. The summed E-state index contributed by atoms with van der Waals surface area (Å²) in [5.41, 5.74) is 3.20. The van der Waals surface area contributed by atoms with E-state index in [4.69, 9.17) is 5.11 Å². The molecule has 0 saturated heterocycles. The maximum atomic E-state index is 8.64. The van der Waals surface area contributed by atoms with Crippen LogP contribution in [0.25, 0.3) is 0 Å². The lowest BCUT2D eigenvalue weighted by molar-refractivity contribution is 0.305. The van der Waals surface area contributed by atoms with Crippen molar-refractivity contribution in [1.82, 2.24) is 9.78 Å². The molecule has 2 rings (SSSR count). The van der Waals surface area contributed by atoms with Gasteiger partial charge in [-0.3, -0.25) is 4.68 Å². The highest BCUT2D eigenvalue weighted by atomic mass is 16.2. The second-order valence-corrected chi connectivity index (χ2v) is 4.13. The van der Waals surface area contributed by atoms with Crippen molar-refractivity contribution in [2.24, 2.45) is 0 Å². The van der Waals surface area contributed by atoms with Crippen molar-refractivity contribution < 1.29 is 5.11 Å². The van der Waals surface area contributed by atoms with Crippen molar-refractivity contribution in [3.05, 3.63) is 53.3 Å². The molecule has 0 unspecified atom stereocenters. The topological polar surface area (TPSA) is 38.0 Å². The highest BCUT2D eigenvalue weighted by Crippen LogP contribution is 2.06. The molecule has 0 bridgehead atoms. The van der Waals surface area contributed by atoms with Crippen LogP contribution in [-0.4, -0.2) is 21.5 Å². The smallest absolute Gasteiger partial charge is 0.0659 e. The van der Waals surface area contributed by atoms with Crippen molar-refractivity contribution in [1.29, 1.82) is 0 Å². The number of benzene rings is 1. The van der Waals surface area contributed by atoms with Gasteiger partial charge in [-0.15, -0.1) is 0 Å². The molecule has 92 valence electrons. The van der Waals surface area contributed by atoms with E-state index in [0.29, 0.717) is 6.42 Å². The lowest BCUT2D eigenvalue weighted by Crippen LogP contribution is -2.00. The molecule has 0 amide bonds. The molecule has 0 fully saturated rings. The Morgan fingerprint density at radius 2 is 2.00 bits per heavy atom. The van der Waals surface area contributed by atoms with Crippen LogP contribution in [0.1, 0.15) is 23.2 Å². The summed E-state index contributed by atoms with van der Waals surface area (Å²) < 4.78 is 1.92. The van der Waals surface area contributed by atoms with Crippen LogP contribution in [0.5, 0.6) is 0 Å². The molecule has 3 heteroatoms. The van der Waals surface area contributed by atoms with Gasteiger partial charge in [0.15, 0.2) is 0 Å². The number of aliphatic hydroxyl groups excluding tert-OH is 1. The number of aryl methyl sites for hydroxylation is 1. The Bertz CT molecular complexity index is 558. The van der Waals surface area contributed by atoms with Crippen LogP contribution in [0, 0.1) is 18.8 Å². The maximum Gasteiger partial charge on any atom is 0.0659 e. The van der Waals surface area contributed by atoms with E-state index in [-0.39, 0.29) is 6.61 Å². The van der Waals surface area contributed by atoms with Crippen LogP contribution in [0.3, 0.4) is 0 Å². The summed E-state index contributed by atoms with van der Waals surface area (Å²) in [6.07, 6.45) is 2.50. The fourth-order valence-corrected chi connectivity index (χ4v) is 1.65. The number of hydrogen-bond donors (Lipinski definition) is 1. The van der Waals surface area contributed by atoms with Crippen LogP contribution < -0.4 is 0 Å². The monoisotopic (exact) mass is 240 g/mol. The first-order valence-corrected chi connectivity index (χ1v) is 5.96. The highest BCUT2D eigenvalue weighted by Gasteiger charge is 1.96. The molecule has 18 heavy (non-hydrogen) atoms. The minimum Gasteiger partial charge on any atom is -0.395 e. The minimum absolute atomic E-state index is 0.115. The number of hydrogen-bond acceptors (Lipinski definition) is 2. The van der Waals surface area contributed by atoms with Crippen molar-refractivity contribution >= 4 is 0 Å². The van der Waals surface area contributed by atoms with Crippen molar-refractivity contribution in [3.8, 4) is 11.8 Å². The second kappa shape index (κ2) is 6.04. The molecule has 1 N–H and O–H groups in total. The summed E-state index contributed by atoms with van der Waals surface area (Å²) >= 11 is 0. The average molecular weight is 240 g/mol. The molecule has 2 aromatic rings. The third-order valence-electron chi connectivity index (χ3n) is 2.54. The maximum absolute atomic E-state index is 8.64. The van der Waals surface area contributed by atoms with Crippen LogP contribution >= 0.6 is 0 Å². The predicted octanol–water partition coefficient (Wildman–Crippen LogP) is 1.97. The van der Waals surface area contributed by atoms with E-state index in [1.54, 1.807) is 0 Å². The Hall–Kier alpha value is -2.05. The summed E-state index contributed by atoms with van der Waals surface area (Å²) in [6.45, 7) is 2.87. The van der Waals surface area contributed by atoms with Crippen molar-refractivity contribution in [2.75, 3.05) is 6.61 Å². The fourth-order valence-electron chi connectivity index (χ4n) is 1.65. The Balaban J connectivity index is 2.02. The van der Waals surface area contributed by atoms with Gasteiger partial charge in [-0.1, -0.05) is 24.0 Å². The molecular formula is C15H16N2O. The van der Waals surface area contributed by atoms with Gasteiger partial charge >= 0.3 is 0 Å². The Morgan fingerprint density at radius 3 is 2.61 bits per heavy atom. The molecule has 0 radical (unpaired) electrons. The largest absolute Gasteiger partial charge is 0.395 e. The van der Waals surface area contributed by atoms with Crippen LogP contribution in [0.2, 0.25) is 0 Å². The van der Waals surface area contributed by atoms with Crippen molar-refractivity contribution in [3.63, 3.8) is 0 Å². The Kier molecular flexibility index (Phi) is 4.16. The number of aliphatic hydroxyl groups is 1. The second-order valence-electron chi connectivity index (χ2n) is 4.13. The summed E-state index contributed by atoms with van der Waals surface area (Å²) in [6, 6.07) is 10.1. The number of nitrogens with zero attached hydrogens (tertiary/aromatic N) is 2. The molecule has 0 saturated carbocycles. The standard InChI is InChI=1S/C15H16N2O/c1-13-9-10-17(16-13)12-15-7-5-14(6-8-15)4-2-3-11-18/h5-10,18H,3,11-12H2,1H3. The van der Waals surface area contributed by atoms with Crippen molar-refractivity contribution in [2.45, 2.75) is 19.9 Å². The molecule has 1 aromatic heterocycles. The lowest BCUT2D eigenvalue weighted by Gasteiger charge is -2.01. The van der Waals surface area contributed by atoms with Gasteiger partial charge in [0.25, 0.3) is 0 Å². The molecule has 0 aliphatic carbocycles. The molecule has 3 nitrogen and oxygen atoms in total. The first-order chi connectivity index (χ1) is 8.78. The van der Waals surface area contributed by atoms with Crippen LogP contribution in [0.4, 0.5) is 0 Å². The summed E-state index contributed by atoms with van der Waals surface area (Å²) in [4.78, 5) is 0. The Morgan fingerprint density at radius 1 is 1.22 bits per heavy atom.